The molecule has 0 saturated heterocycles. The summed E-state index contributed by atoms with van der Waals surface area (Å²) in [6.07, 6.45) is 2.71. The zero-order chi connectivity index (χ0) is 21.0. The summed E-state index contributed by atoms with van der Waals surface area (Å²) in [7, 11) is -3.77. The Balaban J connectivity index is 0.00000117. The zero-order valence-electron chi connectivity index (χ0n) is 16.7. The van der Waals surface area contributed by atoms with Gasteiger partial charge in [-0.25, -0.2) is 23.5 Å². The molecular formula is C21H25N5O2S. The first kappa shape index (κ1) is 20.8. The second-order valence-electron chi connectivity index (χ2n) is 6.43. The van der Waals surface area contributed by atoms with Crippen molar-refractivity contribution in [3.8, 4) is 11.3 Å². The third-order valence-corrected chi connectivity index (χ3v) is 5.42. The molecule has 0 unspecified atom stereocenters. The molecule has 0 bridgehead atoms. The van der Waals surface area contributed by atoms with E-state index in [1.165, 1.54) is 17.7 Å². The van der Waals surface area contributed by atoms with Gasteiger partial charge in [0.15, 0.2) is 0 Å². The van der Waals surface area contributed by atoms with Crippen molar-refractivity contribution in [3.63, 3.8) is 0 Å². The summed E-state index contributed by atoms with van der Waals surface area (Å²) >= 11 is 0. The van der Waals surface area contributed by atoms with Crippen molar-refractivity contribution in [1.29, 1.82) is 0 Å². The van der Waals surface area contributed by atoms with Crippen LogP contribution < -0.4 is 15.8 Å². The third-order valence-electron chi connectivity index (χ3n) is 4.51. The lowest BCUT2D eigenvalue weighted by Crippen LogP contribution is -2.12. The van der Waals surface area contributed by atoms with Gasteiger partial charge in [-0.1, -0.05) is 32.0 Å². The SMILES string of the molecule is CC.Cc1cnc(Nc2cccc(S(N)(=O)=O)c2)nc1-c1cccc2c1CCN2. The normalized spacial score (nSPS) is 12.4. The van der Waals surface area contributed by atoms with Gasteiger partial charge in [-0.3, -0.25) is 0 Å². The maximum Gasteiger partial charge on any atom is 0.238 e. The molecule has 3 aromatic rings. The summed E-state index contributed by atoms with van der Waals surface area (Å²) < 4.78 is 23.1. The molecular weight excluding hydrogens is 386 g/mol. The van der Waals surface area contributed by atoms with Gasteiger partial charge in [0, 0.05) is 29.7 Å². The number of primary sulfonamides is 1. The van der Waals surface area contributed by atoms with E-state index in [0.29, 0.717) is 11.6 Å². The molecule has 0 amide bonds. The number of sulfonamides is 1. The van der Waals surface area contributed by atoms with Gasteiger partial charge in [-0.05, 0) is 48.7 Å². The summed E-state index contributed by atoms with van der Waals surface area (Å²) in [5.41, 5.74) is 5.85. The number of rotatable bonds is 4. The Hall–Kier alpha value is -2.97. The van der Waals surface area contributed by atoms with Crippen LogP contribution in [0.4, 0.5) is 17.3 Å². The fourth-order valence-electron chi connectivity index (χ4n) is 3.22. The van der Waals surface area contributed by atoms with Gasteiger partial charge in [0.2, 0.25) is 16.0 Å². The summed E-state index contributed by atoms with van der Waals surface area (Å²) in [4.78, 5) is 9.04. The Bertz CT molecular complexity index is 1130. The van der Waals surface area contributed by atoms with Crippen molar-refractivity contribution < 1.29 is 8.42 Å². The molecule has 0 radical (unpaired) electrons. The van der Waals surface area contributed by atoms with Crippen molar-refractivity contribution in [3.05, 3.63) is 59.8 Å². The van der Waals surface area contributed by atoms with Crippen LogP contribution in [-0.4, -0.2) is 24.9 Å². The Kier molecular flexibility index (Phi) is 6.14. The lowest BCUT2D eigenvalue weighted by molar-refractivity contribution is 0.598. The van der Waals surface area contributed by atoms with Crippen molar-refractivity contribution in [2.24, 2.45) is 5.14 Å². The van der Waals surface area contributed by atoms with Crippen molar-refractivity contribution in [1.82, 2.24) is 9.97 Å². The largest absolute Gasteiger partial charge is 0.384 e. The maximum absolute atomic E-state index is 11.5. The average Bonchev–Trinajstić information content (AvgIpc) is 3.20. The molecule has 4 rings (SSSR count). The number of nitrogens with one attached hydrogen (secondary N) is 2. The summed E-state index contributed by atoms with van der Waals surface area (Å²) in [6.45, 7) is 6.89. The highest BCUT2D eigenvalue weighted by Crippen LogP contribution is 2.33. The molecule has 1 aliphatic rings. The van der Waals surface area contributed by atoms with Crippen LogP contribution in [0.25, 0.3) is 11.3 Å². The van der Waals surface area contributed by atoms with Crippen molar-refractivity contribution >= 4 is 27.3 Å². The summed E-state index contributed by atoms with van der Waals surface area (Å²) in [5.74, 6) is 0.394. The molecule has 0 spiro atoms. The fourth-order valence-corrected chi connectivity index (χ4v) is 3.78. The summed E-state index contributed by atoms with van der Waals surface area (Å²) in [5, 5.41) is 11.6. The smallest absolute Gasteiger partial charge is 0.238 e. The molecule has 2 heterocycles. The van der Waals surface area contributed by atoms with E-state index in [0.717, 1.165) is 35.5 Å². The van der Waals surface area contributed by atoms with Crippen LogP contribution in [-0.2, 0) is 16.4 Å². The number of aromatic nitrogens is 2. The lowest BCUT2D eigenvalue weighted by atomic mass is 10.00. The molecule has 152 valence electrons. The van der Waals surface area contributed by atoms with E-state index in [1.54, 1.807) is 18.3 Å². The molecule has 1 aliphatic heterocycles. The van der Waals surface area contributed by atoms with Crippen LogP contribution in [0.5, 0.6) is 0 Å². The first-order valence-corrected chi connectivity index (χ1v) is 11.1. The van der Waals surface area contributed by atoms with Crippen LogP contribution in [0.3, 0.4) is 0 Å². The predicted octanol–water partition coefficient (Wildman–Crippen LogP) is 3.84. The Morgan fingerprint density at radius 1 is 1.14 bits per heavy atom. The maximum atomic E-state index is 11.5. The number of aryl methyl sites for hydroxylation is 1. The van der Waals surface area contributed by atoms with Crippen LogP contribution >= 0.6 is 0 Å². The highest BCUT2D eigenvalue weighted by molar-refractivity contribution is 7.89. The van der Waals surface area contributed by atoms with Gasteiger partial charge < -0.3 is 10.6 Å². The van der Waals surface area contributed by atoms with Crippen molar-refractivity contribution in [2.45, 2.75) is 32.1 Å². The number of nitrogens with two attached hydrogens (primary N) is 1. The van der Waals surface area contributed by atoms with Crippen LogP contribution in [0, 0.1) is 6.92 Å². The molecule has 0 atom stereocenters. The molecule has 0 saturated carbocycles. The molecule has 0 aliphatic carbocycles. The second-order valence-corrected chi connectivity index (χ2v) is 7.99. The molecule has 2 aromatic carbocycles. The standard InChI is InChI=1S/C19H19N5O2S.C2H6/c1-12-11-22-19(23-13-4-2-5-14(10-13)27(20,25)26)24-18(12)16-6-3-7-17-15(16)8-9-21-17;1-2/h2-7,10-11,21H,8-9H2,1H3,(H2,20,25,26)(H,22,23,24);1-2H3. The average molecular weight is 412 g/mol. The molecule has 8 heteroatoms. The van der Waals surface area contributed by atoms with E-state index >= 15 is 0 Å². The van der Waals surface area contributed by atoms with Gasteiger partial charge in [-0.2, -0.15) is 0 Å². The number of fused-ring (bicyclic) bond motifs is 1. The van der Waals surface area contributed by atoms with Crippen LogP contribution in [0.15, 0.2) is 53.6 Å². The minimum atomic E-state index is -3.77. The molecule has 7 nitrogen and oxygen atoms in total. The van der Waals surface area contributed by atoms with Gasteiger partial charge in [0.25, 0.3) is 0 Å². The number of hydrogen-bond donors (Lipinski definition) is 3. The topological polar surface area (TPSA) is 110 Å². The monoisotopic (exact) mass is 411 g/mol. The minimum Gasteiger partial charge on any atom is -0.384 e. The van der Waals surface area contributed by atoms with E-state index < -0.39 is 10.0 Å². The van der Waals surface area contributed by atoms with E-state index in [-0.39, 0.29) is 4.90 Å². The molecule has 0 fully saturated rings. The van der Waals surface area contributed by atoms with E-state index in [9.17, 15) is 8.42 Å². The van der Waals surface area contributed by atoms with Crippen LogP contribution in [0.1, 0.15) is 25.0 Å². The predicted molar refractivity (Wildman–Crippen MR) is 117 cm³/mol. The number of hydrogen-bond acceptors (Lipinski definition) is 6. The van der Waals surface area contributed by atoms with Crippen molar-refractivity contribution in [2.75, 3.05) is 17.2 Å². The second kappa shape index (κ2) is 8.59. The minimum absolute atomic E-state index is 0.0341. The van der Waals surface area contributed by atoms with E-state index in [2.05, 4.69) is 32.7 Å². The third kappa shape index (κ3) is 4.55. The molecule has 29 heavy (non-hydrogen) atoms. The van der Waals surface area contributed by atoms with Crippen LogP contribution in [0.2, 0.25) is 0 Å². The quantitative estimate of drug-likeness (QED) is 0.602. The number of benzene rings is 2. The van der Waals surface area contributed by atoms with E-state index in [1.807, 2.05) is 26.8 Å². The Labute approximate surface area is 171 Å². The highest BCUT2D eigenvalue weighted by Gasteiger charge is 2.18. The van der Waals surface area contributed by atoms with Gasteiger partial charge in [0.05, 0.1) is 10.6 Å². The lowest BCUT2D eigenvalue weighted by Gasteiger charge is -2.12. The summed E-state index contributed by atoms with van der Waals surface area (Å²) in [6, 6.07) is 12.4. The first-order valence-electron chi connectivity index (χ1n) is 9.51. The Morgan fingerprint density at radius 3 is 2.66 bits per heavy atom. The Morgan fingerprint density at radius 2 is 1.90 bits per heavy atom. The molecule has 1 aromatic heterocycles. The highest BCUT2D eigenvalue weighted by atomic mass is 32.2. The molecule has 4 N–H and O–H groups in total. The fraction of sp³-hybridized carbons (Fsp3) is 0.238. The number of nitrogens with zero attached hydrogens (tertiary/aromatic N) is 2. The van der Waals surface area contributed by atoms with Gasteiger partial charge >= 0.3 is 0 Å². The first-order chi connectivity index (χ1) is 13.9. The van der Waals surface area contributed by atoms with E-state index in [4.69, 9.17) is 5.14 Å². The van der Waals surface area contributed by atoms with Gasteiger partial charge in [0.1, 0.15) is 0 Å². The van der Waals surface area contributed by atoms with Gasteiger partial charge in [-0.15, -0.1) is 0 Å². The zero-order valence-corrected chi connectivity index (χ0v) is 17.5. The number of anilines is 3.